The van der Waals surface area contributed by atoms with Crippen LogP contribution in [0.5, 0.6) is 0 Å². The quantitative estimate of drug-likeness (QED) is 0.637. The molecule has 2 aliphatic rings. The highest BCUT2D eigenvalue weighted by atomic mass is 32.3. The van der Waals surface area contributed by atoms with Crippen LogP contribution in [-0.4, -0.2) is 13.7 Å². The van der Waals surface area contributed by atoms with E-state index in [0.29, 0.717) is 18.3 Å². The Hall–Kier alpha value is -0.120. The summed E-state index contributed by atoms with van der Waals surface area (Å²) >= 11 is 0. The molecule has 0 saturated heterocycles. The van der Waals surface area contributed by atoms with Gasteiger partial charge < -0.3 is 0 Å². The molecule has 82 valence electrons. The van der Waals surface area contributed by atoms with Crippen LogP contribution in [0.1, 0.15) is 51.4 Å². The van der Waals surface area contributed by atoms with Crippen molar-refractivity contribution in [3.63, 3.8) is 0 Å². The fourth-order valence-corrected chi connectivity index (χ4v) is 3.91. The van der Waals surface area contributed by atoms with Gasteiger partial charge in [0.2, 0.25) is 0 Å². The van der Waals surface area contributed by atoms with Gasteiger partial charge in [-0.3, -0.25) is 0 Å². The number of hydrogen-bond acceptors (Lipinski definition) is 2. The van der Waals surface area contributed by atoms with Crippen LogP contribution in [0.4, 0.5) is 3.89 Å². The van der Waals surface area contributed by atoms with Crippen LogP contribution in [0.3, 0.4) is 0 Å². The molecule has 0 aromatic rings. The summed E-state index contributed by atoms with van der Waals surface area (Å²) in [5.74, 6) is 0. The number of hydrogen-bond donors (Lipinski definition) is 0. The summed E-state index contributed by atoms with van der Waals surface area (Å²) in [6, 6.07) is 0. The molecule has 0 aromatic heterocycles. The van der Waals surface area contributed by atoms with E-state index >= 15 is 0 Å². The molecule has 0 heterocycles. The average Bonchev–Trinajstić information content (AvgIpc) is 2.53. The lowest BCUT2D eigenvalue weighted by Gasteiger charge is -2.35. The van der Waals surface area contributed by atoms with E-state index in [1.54, 1.807) is 0 Å². The lowest BCUT2D eigenvalue weighted by atomic mass is 9.73. The lowest BCUT2D eigenvalue weighted by Crippen LogP contribution is -2.30. The van der Waals surface area contributed by atoms with Gasteiger partial charge in [-0.2, -0.15) is 8.42 Å². The molecule has 1 spiro atoms. The molecular formula is C10H17FO2S. The van der Waals surface area contributed by atoms with E-state index in [-0.39, 0.29) is 0 Å². The van der Waals surface area contributed by atoms with Crippen molar-refractivity contribution in [2.24, 2.45) is 5.41 Å². The zero-order chi connectivity index (χ0) is 10.2. The van der Waals surface area contributed by atoms with Crippen molar-refractivity contribution in [2.75, 3.05) is 0 Å². The Balaban J connectivity index is 1.98. The molecule has 0 N–H and O–H groups in total. The molecule has 2 rings (SSSR count). The van der Waals surface area contributed by atoms with E-state index in [1.165, 1.54) is 25.7 Å². The SMILES string of the molecule is O=S(=O)(F)C1CCC2(CCCC2)CC1. The van der Waals surface area contributed by atoms with Gasteiger partial charge in [0.1, 0.15) is 0 Å². The monoisotopic (exact) mass is 220 g/mol. The zero-order valence-electron chi connectivity index (χ0n) is 8.34. The van der Waals surface area contributed by atoms with Crippen molar-refractivity contribution in [1.82, 2.24) is 0 Å². The highest BCUT2D eigenvalue weighted by molar-refractivity contribution is 7.87. The smallest absolute Gasteiger partial charge is 0.195 e. The Labute approximate surface area is 85.1 Å². The van der Waals surface area contributed by atoms with Gasteiger partial charge in [0, 0.05) is 0 Å². The topological polar surface area (TPSA) is 34.1 Å². The Morgan fingerprint density at radius 2 is 1.50 bits per heavy atom. The third-order valence-electron chi connectivity index (χ3n) is 4.06. The molecule has 0 unspecified atom stereocenters. The normalized spacial score (nSPS) is 28.4. The van der Waals surface area contributed by atoms with Gasteiger partial charge in [0.15, 0.2) is 0 Å². The zero-order valence-corrected chi connectivity index (χ0v) is 9.15. The Bertz CT molecular complexity index is 294. The standard InChI is InChI=1S/C10H17FO2S/c11-14(12,13)9-3-7-10(8-4-9)5-1-2-6-10/h9H,1-8H2. The van der Waals surface area contributed by atoms with Crippen molar-refractivity contribution in [3.05, 3.63) is 0 Å². The van der Waals surface area contributed by atoms with Gasteiger partial charge in [0.25, 0.3) is 0 Å². The first kappa shape index (κ1) is 10.4. The number of rotatable bonds is 1. The van der Waals surface area contributed by atoms with E-state index in [2.05, 4.69) is 0 Å². The predicted octanol–water partition coefficient (Wildman–Crippen LogP) is 2.79. The van der Waals surface area contributed by atoms with Crippen LogP contribution >= 0.6 is 0 Å². The van der Waals surface area contributed by atoms with Gasteiger partial charge >= 0.3 is 10.2 Å². The second-order valence-electron chi connectivity index (χ2n) is 4.88. The second-order valence-corrected chi connectivity index (χ2v) is 6.50. The molecule has 0 atom stereocenters. The molecule has 14 heavy (non-hydrogen) atoms. The van der Waals surface area contributed by atoms with Gasteiger partial charge in [-0.05, 0) is 43.9 Å². The molecule has 0 bridgehead atoms. The van der Waals surface area contributed by atoms with E-state index in [0.717, 1.165) is 12.8 Å². The average molecular weight is 220 g/mol. The molecule has 4 heteroatoms. The molecule has 0 radical (unpaired) electrons. The first-order valence-corrected chi connectivity index (χ1v) is 6.90. The van der Waals surface area contributed by atoms with E-state index in [1.807, 2.05) is 0 Å². The highest BCUT2D eigenvalue weighted by Gasteiger charge is 2.40. The molecule has 0 aromatic carbocycles. The molecule has 0 amide bonds. The first-order valence-electron chi connectivity index (χ1n) is 5.45. The molecule has 2 fully saturated rings. The van der Waals surface area contributed by atoms with Crippen LogP contribution in [-0.2, 0) is 10.2 Å². The van der Waals surface area contributed by atoms with Crippen molar-refractivity contribution >= 4 is 10.2 Å². The molecule has 2 nitrogen and oxygen atoms in total. The molecule has 2 saturated carbocycles. The van der Waals surface area contributed by atoms with Crippen LogP contribution in [0.15, 0.2) is 0 Å². The summed E-state index contributed by atoms with van der Waals surface area (Å²) in [4.78, 5) is 0. The predicted molar refractivity (Wildman–Crippen MR) is 53.2 cm³/mol. The third-order valence-corrected chi connectivity index (χ3v) is 5.32. The largest absolute Gasteiger partial charge is 0.305 e. The van der Waals surface area contributed by atoms with Crippen molar-refractivity contribution in [2.45, 2.75) is 56.6 Å². The Morgan fingerprint density at radius 1 is 1.00 bits per heavy atom. The summed E-state index contributed by atoms with van der Waals surface area (Å²) in [6.07, 6.45) is 7.91. The summed E-state index contributed by atoms with van der Waals surface area (Å²) in [6.45, 7) is 0. The van der Waals surface area contributed by atoms with Crippen LogP contribution < -0.4 is 0 Å². The first-order chi connectivity index (χ1) is 6.52. The van der Waals surface area contributed by atoms with Crippen LogP contribution in [0.2, 0.25) is 0 Å². The van der Waals surface area contributed by atoms with Gasteiger partial charge in [0.05, 0.1) is 5.25 Å². The maximum Gasteiger partial charge on any atom is 0.305 e. The van der Waals surface area contributed by atoms with Crippen molar-refractivity contribution in [3.8, 4) is 0 Å². The van der Waals surface area contributed by atoms with Crippen LogP contribution in [0, 0.1) is 5.41 Å². The minimum absolute atomic E-state index is 0.390. The Kier molecular flexibility index (Phi) is 2.58. The number of halogens is 1. The summed E-state index contributed by atoms with van der Waals surface area (Å²) < 4.78 is 34.2. The van der Waals surface area contributed by atoms with E-state index < -0.39 is 15.5 Å². The van der Waals surface area contributed by atoms with Crippen molar-refractivity contribution < 1.29 is 12.3 Å². The summed E-state index contributed by atoms with van der Waals surface area (Å²) in [7, 11) is -4.27. The van der Waals surface area contributed by atoms with Crippen LogP contribution in [0.25, 0.3) is 0 Å². The summed E-state index contributed by atoms with van der Waals surface area (Å²) in [5.41, 5.74) is 0.390. The third kappa shape index (κ3) is 1.95. The van der Waals surface area contributed by atoms with Gasteiger partial charge in [-0.15, -0.1) is 3.89 Å². The van der Waals surface area contributed by atoms with Crippen molar-refractivity contribution in [1.29, 1.82) is 0 Å². The Morgan fingerprint density at radius 3 is 1.93 bits per heavy atom. The highest BCUT2D eigenvalue weighted by Crippen LogP contribution is 2.49. The van der Waals surface area contributed by atoms with E-state index in [9.17, 15) is 12.3 Å². The van der Waals surface area contributed by atoms with Gasteiger partial charge in [-0.25, -0.2) is 0 Å². The molecule has 2 aliphatic carbocycles. The fourth-order valence-electron chi connectivity index (χ4n) is 3.11. The minimum Gasteiger partial charge on any atom is -0.195 e. The second kappa shape index (κ2) is 3.47. The maximum absolute atomic E-state index is 12.7. The van der Waals surface area contributed by atoms with Gasteiger partial charge in [-0.1, -0.05) is 12.8 Å². The maximum atomic E-state index is 12.7. The lowest BCUT2D eigenvalue weighted by molar-refractivity contribution is 0.197. The molecule has 0 aliphatic heterocycles. The summed E-state index contributed by atoms with van der Waals surface area (Å²) in [5, 5.41) is -0.700. The minimum atomic E-state index is -4.27. The fraction of sp³-hybridized carbons (Fsp3) is 1.00. The molecular weight excluding hydrogens is 203 g/mol. The van der Waals surface area contributed by atoms with E-state index in [4.69, 9.17) is 0 Å².